The number of carbonyl (C=O) groups excluding carboxylic acids is 4. The minimum Gasteiger partial charge on any atom is -0.459 e. The van der Waals surface area contributed by atoms with E-state index in [1.165, 1.54) is 6.92 Å². The number of hydrogen-bond acceptors (Lipinski definition) is 7. The summed E-state index contributed by atoms with van der Waals surface area (Å²) < 4.78 is 15.9. The fraction of sp³-hybridized carbons (Fsp3) is 0.385. The molecule has 0 saturated carbocycles. The quantitative estimate of drug-likeness (QED) is 0.474. The second-order valence-corrected chi connectivity index (χ2v) is 9.22. The van der Waals surface area contributed by atoms with Crippen LogP contribution in [0, 0.1) is 0 Å². The molecule has 186 valence electrons. The van der Waals surface area contributed by atoms with Crippen LogP contribution >= 0.6 is 0 Å². The van der Waals surface area contributed by atoms with E-state index < -0.39 is 47.9 Å². The number of alkyl carbamates (subject to hydrolysis) is 1. The van der Waals surface area contributed by atoms with Gasteiger partial charge in [0.25, 0.3) is 5.91 Å². The topological polar surface area (TPSA) is 111 Å². The van der Waals surface area contributed by atoms with Gasteiger partial charge in [-0.2, -0.15) is 0 Å². The van der Waals surface area contributed by atoms with Gasteiger partial charge in [-0.25, -0.2) is 19.3 Å². The van der Waals surface area contributed by atoms with Crippen molar-refractivity contribution in [3.63, 3.8) is 0 Å². The van der Waals surface area contributed by atoms with E-state index in [1.807, 2.05) is 12.1 Å². The minimum atomic E-state index is -1.29. The Morgan fingerprint density at radius 2 is 1.57 bits per heavy atom. The number of nitrogens with zero attached hydrogens (tertiary/aromatic N) is 1. The van der Waals surface area contributed by atoms with Crippen LogP contribution in [0.15, 0.2) is 60.7 Å². The number of benzene rings is 2. The minimum absolute atomic E-state index is 0.0251. The highest BCUT2D eigenvalue weighted by molar-refractivity contribution is 6.02. The van der Waals surface area contributed by atoms with Crippen molar-refractivity contribution in [1.82, 2.24) is 10.2 Å². The highest BCUT2D eigenvalue weighted by Crippen LogP contribution is 2.23. The van der Waals surface area contributed by atoms with Crippen molar-refractivity contribution in [3.8, 4) is 0 Å². The first-order chi connectivity index (χ1) is 16.5. The van der Waals surface area contributed by atoms with Crippen LogP contribution in [0.1, 0.15) is 38.8 Å². The maximum Gasteiger partial charge on any atom is 0.417 e. The molecule has 9 nitrogen and oxygen atoms in total. The Morgan fingerprint density at radius 3 is 2.14 bits per heavy atom. The number of carbonyl (C=O) groups is 4. The molecule has 1 saturated heterocycles. The Kier molecular flexibility index (Phi) is 8.11. The molecule has 2 aromatic rings. The van der Waals surface area contributed by atoms with E-state index in [-0.39, 0.29) is 13.0 Å². The summed E-state index contributed by atoms with van der Waals surface area (Å²) in [5.41, 5.74) is 0.700. The predicted molar refractivity (Wildman–Crippen MR) is 126 cm³/mol. The van der Waals surface area contributed by atoms with Gasteiger partial charge in [0.1, 0.15) is 24.4 Å². The molecule has 3 rings (SSSR count). The van der Waals surface area contributed by atoms with Crippen molar-refractivity contribution >= 4 is 24.1 Å². The SMILES string of the molecule is C[C@@H]1OC(=O)N(C(=O)[C@H](Cc2ccccc2)NC(=O)OC(C)(C)C)[C@H]1C(=O)OCc1ccccc1. The van der Waals surface area contributed by atoms with Crippen molar-refractivity contribution < 1.29 is 33.4 Å². The highest BCUT2D eigenvalue weighted by Gasteiger charge is 2.50. The van der Waals surface area contributed by atoms with E-state index in [9.17, 15) is 19.2 Å². The van der Waals surface area contributed by atoms with E-state index in [0.29, 0.717) is 0 Å². The van der Waals surface area contributed by atoms with Gasteiger partial charge < -0.3 is 19.5 Å². The predicted octanol–water partition coefficient (Wildman–Crippen LogP) is 3.60. The van der Waals surface area contributed by atoms with E-state index in [0.717, 1.165) is 16.0 Å². The lowest BCUT2D eigenvalue weighted by Gasteiger charge is -2.27. The van der Waals surface area contributed by atoms with Crippen molar-refractivity contribution in [3.05, 3.63) is 71.8 Å². The normalized spacial score (nSPS) is 18.4. The fourth-order valence-electron chi connectivity index (χ4n) is 3.61. The average molecular weight is 483 g/mol. The number of ether oxygens (including phenoxy) is 3. The summed E-state index contributed by atoms with van der Waals surface area (Å²) in [6.07, 6.45) is -2.65. The molecule has 3 amide bonds. The third-order valence-electron chi connectivity index (χ3n) is 5.18. The number of imide groups is 1. The maximum atomic E-state index is 13.5. The van der Waals surface area contributed by atoms with Crippen LogP contribution in [0.4, 0.5) is 9.59 Å². The van der Waals surface area contributed by atoms with E-state index in [4.69, 9.17) is 14.2 Å². The Bertz CT molecular complexity index is 1050. The standard InChI is InChI=1S/C26H30N2O7/c1-17-21(23(30)33-16-19-13-9-6-10-14-19)28(25(32)34-17)22(29)20(15-18-11-7-5-8-12-18)27-24(31)35-26(2,3)4/h5-14,17,20-21H,15-16H2,1-4H3,(H,27,31)/t17-,20-,21+/m0/s1. The summed E-state index contributed by atoms with van der Waals surface area (Å²) in [6.45, 7) is 6.56. The summed E-state index contributed by atoms with van der Waals surface area (Å²) in [5, 5.41) is 2.54. The number of rotatable bonds is 7. The second kappa shape index (κ2) is 11.0. The number of nitrogens with one attached hydrogen (secondary N) is 1. The monoisotopic (exact) mass is 482 g/mol. The van der Waals surface area contributed by atoms with Gasteiger partial charge in [0.15, 0.2) is 6.04 Å². The number of cyclic esters (lactones) is 1. The van der Waals surface area contributed by atoms with Crippen LogP contribution in [-0.2, 0) is 36.8 Å². The number of hydrogen-bond donors (Lipinski definition) is 1. The summed E-state index contributed by atoms with van der Waals surface area (Å²) in [6, 6.07) is 15.5. The van der Waals surface area contributed by atoms with Gasteiger partial charge in [0, 0.05) is 6.42 Å². The summed E-state index contributed by atoms with van der Waals surface area (Å²) in [5.74, 6) is -1.58. The molecule has 9 heteroatoms. The zero-order chi connectivity index (χ0) is 25.6. The summed E-state index contributed by atoms with van der Waals surface area (Å²) in [4.78, 5) is 52.3. The van der Waals surface area contributed by atoms with E-state index in [1.54, 1.807) is 69.3 Å². The van der Waals surface area contributed by atoms with Gasteiger partial charge >= 0.3 is 18.2 Å². The van der Waals surface area contributed by atoms with Crippen LogP contribution in [-0.4, -0.2) is 52.8 Å². The number of esters is 1. The molecule has 0 aromatic heterocycles. The lowest BCUT2D eigenvalue weighted by Crippen LogP contribution is -2.55. The molecule has 0 bridgehead atoms. The molecule has 0 radical (unpaired) electrons. The van der Waals surface area contributed by atoms with Gasteiger partial charge in [-0.05, 0) is 38.8 Å². The van der Waals surface area contributed by atoms with Crippen molar-refractivity contribution in [2.24, 2.45) is 0 Å². The lowest BCUT2D eigenvalue weighted by atomic mass is 10.0. The second-order valence-electron chi connectivity index (χ2n) is 9.22. The molecule has 1 fully saturated rings. The largest absolute Gasteiger partial charge is 0.459 e. The van der Waals surface area contributed by atoms with Gasteiger partial charge in [0.2, 0.25) is 0 Å². The zero-order valence-corrected chi connectivity index (χ0v) is 20.2. The Hall–Kier alpha value is -3.88. The first kappa shape index (κ1) is 25.7. The van der Waals surface area contributed by atoms with Crippen molar-refractivity contribution in [2.75, 3.05) is 0 Å². The smallest absolute Gasteiger partial charge is 0.417 e. The Morgan fingerprint density at radius 1 is 1.00 bits per heavy atom. The zero-order valence-electron chi connectivity index (χ0n) is 20.2. The van der Waals surface area contributed by atoms with Crippen LogP contribution in [0.25, 0.3) is 0 Å². The molecule has 1 heterocycles. The Balaban J connectivity index is 1.81. The number of amides is 3. The lowest BCUT2D eigenvalue weighted by molar-refractivity contribution is -0.154. The molecule has 0 unspecified atom stereocenters. The first-order valence-electron chi connectivity index (χ1n) is 11.3. The molecule has 3 atom stereocenters. The highest BCUT2D eigenvalue weighted by atomic mass is 16.6. The van der Waals surface area contributed by atoms with Crippen molar-refractivity contribution in [2.45, 2.75) is 64.5 Å². The first-order valence-corrected chi connectivity index (χ1v) is 11.3. The van der Waals surface area contributed by atoms with Gasteiger partial charge in [-0.3, -0.25) is 4.79 Å². The molecule has 0 spiro atoms. The van der Waals surface area contributed by atoms with Crippen LogP contribution in [0.2, 0.25) is 0 Å². The molecule has 1 aliphatic rings. The van der Waals surface area contributed by atoms with Crippen LogP contribution in [0.3, 0.4) is 0 Å². The summed E-state index contributed by atoms with van der Waals surface area (Å²) in [7, 11) is 0. The Labute approximate surface area is 204 Å². The van der Waals surface area contributed by atoms with Crippen molar-refractivity contribution in [1.29, 1.82) is 0 Å². The molecular formula is C26H30N2O7. The van der Waals surface area contributed by atoms with E-state index in [2.05, 4.69) is 5.32 Å². The molecule has 0 aliphatic carbocycles. The average Bonchev–Trinajstić information content (AvgIpc) is 3.10. The third-order valence-corrected chi connectivity index (χ3v) is 5.18. The third kappa shape index (κ3) is 7.05. The van der Waals surface area contributed by atoms with Gasteiger partial charge in [0.05, 0.1) is 0 Å². The molecule has 2 aromatic carbocycles. The fourth-order valence-corrected chi connectivity index (χ4v) is 3.61. The van der Waals surface area contributed by atoms with Crippen LogP contribution in [0.5, 0.6) is 0 Å². The van der Waals surface area contributed by atoms with Gasteiger partial charge in [-0.1, -0.05) is 60.7 Å². The molecule has 1 aliphatic heterocycles. The molecule has 35 heavy (non-hydrogen) atoms. The molecular weight excluding hydrogens is 452 g/mol. The van der Waals surface area contributed by atoms with E-state index >= 15 is 0 Å². The maximum absolute atomic E-state index is 13.5. The van der Waals surface area contributed by atoms with Gasteiger partial charge in [-0.15, -0.1) is 0 Å². The summed E-state index contributed by atoms with van der Waals surface area (Å²) >= 11 is 0. The van der Waals surface area contributed by atoms with Crippen LogP contribution < -0.4 is 5.32 Å². The molecule has 1 N–H and O–H groups in total.